The third-order valence-electron chi connectivity index (χ3n) is 2.61. The van der Waals surface area contributed by atoms with Crippen molar-refractivity contribution < 1.29 is 23.8 Å². The fraction of sp³-hybridized carbons (Fsp3) is 0.455. The molecule has 1 N–H and O–H groups in total. The van der Waals surface area contributed by atoms with Gasteiger partial charge in [-0.25, -0.2) is 4.39 Å². The lowest BCUT2D eigenvalue weighted by Gasteiger charge is -2.17. The standard InChI is InChI=1S/C11H12FNO4/c1-15-10-5-16-6-11(10)17-9-4-7(12)2-3-8(9)13-14/h2-4,10-11H,5-6H2,1H3/p+1/t10-,11+/m0/s1. The molecule has 1 aromatic rings. The fourth-order valence-electron chi connectivity index (χ4n) is 1.69. The predicted octanol–water partition coefficient (Wildman–Crippen LogP) is 0.0968. The van der Waals surface area contributed by atoms with Crippen LogP contribution in [-0.2, 0) is 9.47 Å². The van der Waals surface area contributed by atoms with E-state index in [-0.39, 0.29) is 23.6 Å². The van der Waals surface area contributed by atoms with Crippen molar-refractivity contribution in [3.63, 3.8) is 0 Å². The zero-order valence-corrected chi connectivity index (χ0v) is 9.31. The van der Waals surface area contributed by atoms with Crippen LogP contribution in [0.2, 0.25) is 0 Å². The maximum Gasteiger partial charge on any atom is 0.295 e. The Kier molecular flexibility index (Phi) is 3.65. The van der Waals surface area contributed by atoms with Crippen LogP contribution in [0.1, 0.15) is 0 Å². The van der Waals surface area contributed by atoms with Crippen LogP contribution in [0.25, 0.3) is 0 Å². The third kappa shape index (κ3) is 2.59. The summed E-state index contributed by atoms with van der Waals surface area (Å²) in [7, 11) is 1.55. The molecule has 0 aromatic heterocycles. The Morgan fingerprint density at radius 3 is 2.88 bits per heavy atom. The lowest BCUT2D eigenvalue weighted by Crippen LogP contribution is -2.56. The second-order valence-corrected chi connectivity index (χ2v) is 3.71. The summed E-state index contributed by atoms with van der Waals surface area (Å²) in [6.45, 7) is 0.782. The maximum absolute atomic E-state index is 13.1. The van der Waals surface area contributed by atoms with Crippen LogP contribution >= 0.6 is 0 Å². The molecule has 0 spiro atoms. The van der Waals surface area contributed by atoms with Crippen LogP contribution in [0.5, 0.6) is 5.75 Å². The average Bonchev–Trinajstić information content (AvgIpc) is 2.77. The van der Waals surface area contributed by atoms with Crippen molar-refractivity contribution in [2.24, 2.45) is 0 Å². The highest BCUT2D eigenvalue weighted by Gasteiger charge is 2.31. The van der Waals surface area contributed by atoms with E-state index in [2.05, 4.69) is 0 Å². The molecule has 0 aliphatic carbocycles. The van der Waals surface area contributed by atoms with Gasteiger partial charge in [-0.05, 0) is 6.07 Å². The van der Waals surface area contributed by atoms with Gasteiger partial charge in [0.15, 0.2) is 11.9 Å². The van der Waals surface area contributed by atoms with Crippen LogP contribution in [0, 0.1) is 10.7 Å². The first-order valence-electron chi connectivity index (χ1n) is 5.19. The van der Waals surface area contributed by atoms with Gasteiger partial charge in [-0.3, -0.25) is 0 Å². The van der Waals surface area contributed by atoms with E-state index in [0.29, 0.717) is 13.2 Å². The molecule has 92 valence electrons. The Morgan fingerprint density at radius 2 is 2.18 bits per heavy atom. The number of methoxy groups -OCH3 is 1. The zero-order valence-electron chi connectivity index (χ0n) is 9.31. The highest BCUT2D eigenvalue weighted by molar-refractivity contribution is 5.45. The summed E-state index contributed by atoms with van der Waals surface area (Å²) in [5, 5.41) is 1.71. The molecule has 0 amide bonds. The molecule has 0 saturated carbocycles. The SMILES string of the molecule is CO[C@H]1COC[C@H]1Oc1cc(F)ccc1[NH+]=O. The minimum absolute atomic E-state index is 0.164. The molecule has 1 aliphatic heterocycles. The smallest absolute Gasteiger partial charge is 0.295 e. The number of halogens is 1. The van der Waals surface area contributed by atoms with E-state index < -0.39 is 5.82 Å². The van der Waals surface area contributed by atoms with E-state index >= 15 is 0 Å². The first-order valence-corrected chi connectivity index (χ1v) is 5.19. The van der Waals surface area contributed by atoms with Gasteiger partial charge in [0.1, 0.15) is 11.9 Å². The molecule has 2 rings (SSSR count). The van der Waals surface area contributed by atoms with Crippen LogP contribution in [0.15, 0.2) is 18.2 Å². The van der Waals surface area contributed by atoms with Gasteiger partial charge in [0, 0.05) is 29.3 Å². The minimum Gasteiger partial charge on any atom is -0.478 e. The number of nitroso groups, excluding NO2 is 1. The summed E-state index contributed by atoms with van der Waals surface area (Å²) in [5.74, 6) is -0.301. The molecule has 1 saturated heterocycles. The van der Waals surface area contributed by atoms with Crippen LogP contribution < -0.4 is 9.91 Å². The summed E-state index contributed by atoms with van der Waals surface area (Å²) in [6, 6.07) is 3.67. The molecule has 2 atom stereocenters. The molecule has 0 bridgehead atoms. The van der Waals surface area contributed by atoms with Gasteiger partial charge in [0.25, 0.3) is 5.69 Å². The molecular formula is C11H13FNO4+. The molecule has 0 unspecified atom stereocenters. The molecule has 6 heteroatoms. The van der Waals surface area contributed by atoms with E-state index in [4.69, 9.17) is 14.2 Å². The van der Waals surface area contributed by atoms with Crippen molar-refractivity contribution in [3.05, 3.63) is 28.9 Å². The number of nitrogens with one attached hydrogen (secondary N) is 1. The van der Waals surface area contributed by atoms with Gasteiger partial charge in [-0.2, -0.15) is 0 Å². The van der Waals surface area contributed by atoms with Crippen molar-refractivity contribution >= 4 is 5.69 Å². The van der Waals surface area contributed by atoms with Gasteiger partial charge >= 0.3 is 0 Å². The number of rotatable bonds is 4. The van der Waals surface area contributed by atoms with Gasteiger partial charge in [-0.1, -0.05) is 0 Å². The van der Waals surface area contributed by atoms with E-state index in [1.807, 2.05) is 0 Å². The van der Waals surface area contributed by atoms with Gasteiger partial charge < -0.3 is 14.2 Å². The summed E-state index contributed by atoms with van der Waals surface area (Å²) in [4.78, 5) is 10.7. The molecule has 0 radical (unpaired) electrons. The lowest BCUT2D eigenvalue weighted by atomic mass is 10.2. The summed E-state index contributed by atoms with van der Waals surface area (Å²) < 4.78 is 28.9. The molecule has 1 heterocycles. The Bertz CT molecular complexity index is 412. The van der Waals surface area contributed by atoms with Crippen molar-refractivity contribution in [2.75, 3.05) is 20.3 Å². The number of benzene rings is 1. The normalized spacial score (nSPS) is 23.6. The quantitative estimate of drug-likeness (QED) is 0.813. The average molecular weight is 242 g/mol. The van der Waals surface area contributed by atoms with Crippen LogP contribution in [-0.4, -0.2) is 32.5 Å². The Hall–Kier alpha value is -1.53. The second-order valence-electron chi connectivity index (χ2n) is 3.71. The highest BCUT2D eigenvalue weighted by atomic mass is 19.1. The molecule has 1 aromatic carbocycles. The molecule has 1 aliphatic rings. The largest absolute Gasteiger partial charge is 0.478 e. The Morgan fingerprint density at radius 1 is 1.41 bits per heavy atom. The van der Waals surface area contributed by atoms with E-state index in [9.17, 15) is 9.30 Å². The van der Waals surface area contributed by atoms with Crippen LogP contribution in [0.4, 0.5) is 10.1 Å². The summed E-state index contributed by atoms with van der Waals surface area (Å²) in [6.07, 6.45) is -0.549. The molecular weight excluding hydrogens is 229 g/mol. The zero-order chi connectivity index (χ0) is 12.3. The van der Waals surface area contributed by atoms with Gasteiger partial charge in [-0.15, -0.1) is 0 Å². The van der Waals surface area contributed by atoms with E-state index in [1.165, 1.54) is 12.1 Å². The van der Waals surface area contributed by atoms with E-state index in [1.54, 1.807) is 12.3 Å². The van der Waals surface area contributed by atoms with Crippen LogP contribution in [0.3, 0.4) is 0 Å². The number of hydrogen-bond donors (Lipinski definition) is 1. The monoisotopic (exact) mass is 242 g/mol. The minimum atomic E-state index is -0.466. The molecule has 1 fully saturated rings. The van der Waals surface area contributed by atoms with Crippen molar-refractivity contribution in [3.8, 4) is 5.75 Å². The van der Waals surface area contributed by atoms with Gasteiger partial charge in [0.2, 0.25) is 0 Å². The first kappa shape index (κ1) is 11.9. The van der Waals surface area contributed by atoms with Crippen molar-refractivity contribution in [1.82, 2.24) is 0 Å². The third-order valence-corrected chi connectivity index (χ3v) is 2.61. The topological polar surface area (TPSA) is 58.7 Å². The second kappa shape index (κ2) is 5.20. The highest BCUT2D eigenvalue weighted by Crippen LogP contribution is 2.24. The Labute approximate surface area is 97.5 Å². The summed E-state index contributed by atoms with van der Waals surface area (Å²) in [5.41, 5.74) is 0.188. The van der Waals surface area contributed by atoms with Gasteiger partial charge in [0.05, 0.1) is 13.2 Å². The van der Waals surface area contributed by atoms with E-state index in [0.717, 1.165) is 6.07 Å². The summed E-state index contributed by atoms with van der Waals surface area (Å²) >= 11 is 0. The lowest BCUT2D eigenvalue weighted by molar-refractivity contribution is -0.380. The molecule has 17 heavy (non-hydrogen) atoms. The maximum atomic E-state index is 13.1. The number of ether oxygens (including phenoxy) is 3. The number of hydrogen-bond acceptors (Lipinski definition) is 4. The van der Waals surface area contributed by atoms with Crippen molar-refractivity contribution in [2.45, 2.75) is 12.2 Å². The first-order chi connectivity index (χ1) is 8.24. The predicted molar refractivity (Wildman–Crippen MR) is 56.4 cm³/mol. The molecule has 5 nitrogen and oxygen atoms in total. The Balaban J connectivity index is 2.17. The van der Waals surface area contributed by atoms with Crippen molar-refractivity contribution in [1.29, 1.82) is 0 Å². The fourth-order valence-corrected chi connectivity index (χ4v) is 1.69.